The highest BCUT2D eigenvalue weighted by Crippen LogP contribution is 2.26. The van der Waals surface area contributed by atoms with Crippen molar-refractivity contribution in [2.45, 2.75) is 25.7 Å². The summed E-state index contributed by atoms with van der Waals surface area (Å²) in [6, 6.07) is 2.19. The van der Waals surface area contributed by atoms with Crippen LogP contribution in [0, 0.1) is 11.7 Å². The third-order valence-electron chi connectivity index (χ3n) is 4.56. The average molecular weight is 314 g/mol. The van der Waals surface area contributed by atoms with Gasteiger partial charge in [-0.1, -0.05) is 0 Å². The Balaban J connectivity index is 1.32. The predicted molar refractivity (Wildman–Crippen MR) is 84.9 cm³/mol. The maximum absolute atomic E-state index is 13.4. The number of rotatable bonds is 4. The number of aryl methyl sites for hydroxylation is 2. The molecular weight excluding hydrogens is 295 g/mol. The topological polar surface area (TPSA) is 66.8 Å². The van der Waals surface area contributed by atoms with Crippen LogP contribution in [0.1, 0.15) is 24.1 Å². The zero-order chi connectivity index (χ0) is 15.6. The molecular formula is C16H19FN6. The number of aromatic nitrogens is 4. The number of anilines is 2. The fourth-order valence-corrected chi connectivity index (χ4v) is 3.20. The fourth-order valence-electron chi connectivity index (χ4n) is 3.20. The molecule has 3 heterocycles. The summed E-state index contributed by atoms with van der Waals surface area (Å²) in [7, 11) is 0. The third kappa shape index (κ3) is 2.95. The van der Waals surface area contributed by atoms with Gasteiger partial charge in [-0.15, -0.1) is 5.10 Å². The summed E-state index contributed by atoms with van der Waals surface area (Å²) in [6.45, 7) is 2.52. The highest BCUT2D eigenvalue weighted by molar-refractivity contribution is 5.45. The minimum atomic E-state index is -0.413. The molecule has 1 saturated heterocycles. The van der Waals surface area contributed by atoms with Crippen molar-refractivity contribution in [3.05, 3.63) is 35.7 Å². The third-order valence-corrected chi connectivity index (χ3v) is 4.56. The molecule has 7 heteroatoms. The molecule has 4 rings (SSSR count). The fraction of sp³-hybridized carbons (Fsp3) is 0.500. The van der Waals surface area contributed by atoms with Gasteiger partial charge in [-0.25, -0.2) is 14.4 Å². The zero-order valence-electron chi connectivity index (χ0n) is 12.9. The van der Waals surface area contributed by atoms with Gasteiger partial charge < -0.3 is 10.2 Å². The van der Waals surface area contributed by atoms with Crippen LogP contribution < -0.4 is 10.2 Å². The molecule has 1 fully saturated rings. The summed E-state index contributed by atoms with van der Waals surface area (Å²) < 4.78 is 13.4. The van der Waals surface area contributed by atoms with Crippen LogP contribution in [0.4, 0.5) is 16.0 Å². The molecule has 0 atom stereocenters. The lowest BCUT2D eigenvalue weighted by molar-refractivity contribution is 0.423. The first kappa shape index (κ1) is 14.3. The van der Waals surface area contributed by atoms with Gasteiger partial charge >= 0.3 is 0 Å². The maximum atomic E-state index is 13.4. The first-order valence-corrected chi connectivity index (χ1v) is 8.09. The molecule has 1 N–H and O–H groups in total. The van der Waals surface area contributed by atoms with Crippen molar-refractivity contribution in [1.29, 1.82) is 0 Å². The van der Waals surface area contributed by atoms with Crippen molar-refractivity contribution in [2.75, 3.05) is 29.9 Å². The van der Waals surface area contributed by atoms with Crippen LogP contribution in [-0.2, 0) is 12.8 Å². The van der Waals surface area contributed by atoms with E-state index < -0.39 is 5.82 Å². The smallest absolute Gasteiger partial charge is 0.183 e. The van der Waals surface area contributed by atoms with E-state index in [2.05, 4.69) is 36.4 Å². The van der Waals surface area contributed by atoms with Crippen LogP contribution in [0.3, 0.4) is 0 Å². The zero-order valence-corrected chi connectivity index (χ0v) is 12.9. The van der Waals surface area contributed by atoms with Gasteiger partial charge in [0.1, 0.15) is 6.33 Å². The van der Waals surface area contributed by atoms with Crippen LogP contribution in [-0.4, -0.2) is 39.8 Å². The molecule has 0 saturated carbocycles. The van der Waals surface area contributed by atoms with Gasteiger partial charge in [0.05, 0.1) is 11.9 Å². The van der Waals surface area contributed by atoms with Crippen molar-refractivity contribution in [1.82, 2.24) is 20.2 Å². The lowest BCUT2D eigenvalue weighted by Crippen LogP contribution is -2.50. The van der Waals surface area contributed by atoms with Crippen LogP contribution in [0.5, 0.6) is 0 Å². The molecule has 1 aliphatic carbocycles. The summed E-state index contributed by atoms with van der Waals surface area (Å²) in [4.78, 5) is 9.77. The Morgan fingerprint density at radius 3 is 2.96 bits per heavy atom. The lowest BCUT2D eigenvalue weighted by Gasteiger charge is -2.40. The quantitative estimate of drug-likeness (QED) is 0.929. The molecule has 23 heavy (non-hydrogen) atoms. The highest BCUT2D eigenvalue weighted by atomic mass is 19.1. The number of hydrogen-bond donors (Lipinski definition) is 1. The number of nitrogens with one attached hydrogen (secondary N) is 1. The standard InChI is InChI=1S/C16H19FN6/c17-13-7-18-10-20-16(13)19-6-11-8-23(9-11)15-5-12-3-1-2-4-14(12)21-22-15/h5,7,10-11H,1-4,6,8-9H2,(H,18,19,20). The van der Waals surface area contributed by atoms with Gasteiger partial charge in [0.15, 0.2) is 17.5 Å². The minimum Gasteiger partial charge on any atom is -0.367 e. The Kier molecular flexibility index (Phi) is 3.77. The van der Waals surface area contributed by atoms with E-state index in [1.54, 1.807) is 0 Å². The predicted octanol–water partition coefficient (Wildman–Crippen LogP) is 1.83. The molecule has 1 aliphatic heterocycles. The van der Waals surface area contributed by atoms with Crippen LogP contribution in [0.25, 0.3) is 0 Å². The number of nitrogens with zero attached hydrogens (tertiary/aromatic N) is 5. The van der Waals surface area contributed by atoms with Gasteiger partial charge in [-0.05, 0) is 37.3 Å². The molecule has 2 aromatic heterocycles. The second kappa shape index (κ2) is 6.06. The summed E-state index contributed by atoms with van der Waals surface area (Å²) in [5, 5.41) is 11.8. The largest absolute Gasteiger partial charge is 0.367 e. The number of halogens is 1. The summed E-state index contributed by atoms with van der Waals surface area (Å²) >= 11 is 0. The van der Waals surface area contributed by atoms with E-state index in [1.165, 1.54) is 30.9 Å². The summed E-state index contributed by atoms with van der Waals surface area (Å²) in [5.41, 5.74) is 2.52. The molecule has 2 aliphatic rings. The Morgan fingerprint density at radius 2 is 2.09 bits per heavy atom. The summed E-state index contributed by atoms with van der Waals surface area (Å²) in [6.07, 6.45) is 7.16. The van der Waals surface area contributed by atoms with Gasteiger partial charge in [-0.2, -0.15) is 5.10 Å². The van der Waals surface area contributed by atoms with Gasteiger partial charge in [-0.3, -0.25) is 0 Å². The average Bonchev–Trinajstić information content (AvgIpc) is 2.55. The first-order valence-electron chi connectivity index (χ1n) is 8.09. The first-order chi connectivity index (χ1) is 11.3. The van der Waals surface area contributed by atoms with Gasteiger partial charge in [0.25, 0.3) is 0 Å². The molecule has 6 nitrogen and oxygen atoms in total. The molecule has 0 radical (unpaired) electrons. The van der Waals surface area contributed by atoms with E-state index in [4.69, 9.17) is 0 Å². The molecule has 2 aromatic rings. The van der Waals surface area contributed by atoms with Crippen LogP contribution in [0.2, 0.25) is 0 Å². The molecule has 0 bridgehead atoms. The van der Waals surface area contributed by atoms with Crippen molar-refractivity contribution >= 4 is 11.6 Å². The highest BCUT2D eigenvalue weighted by Gasteiger charge is 2.28. The van der Waals surface area contributed by atoms with E-state index in [9.17, 15) is 4.39 Å². The van der Waals surface area contributed by atoms with E-state index in [0.29, 0.717) is 12.5 Å². The second-order valence-electron chi connectivity index (χ2n) is 6.25. The van der Waals surface area contributed by atoms with Crippen molar-refractivity contribution in [3.63, 3.8) is 0 Å². The van der Waals surface area contributed by atoms with E-state index in [-0.39, 0.29) is 5.82 Å². The van der Waals surface area contributed by atoms with Gasteiger partial charge in [0, 0.05) is 25.6 Å². The van der Waals surface area contributed by atoms with E-state index in [0.717, 1.165) is 37.4 Å². The lowest BCUT2D eigenvalue weighted by atomic mass is 9.95. The maximum Gasteiger partial charge on any atom is 0.183 e. The van der Waals surface area contributed by atoms with Crippen molar-refractivity contribution in [3.8, 4) is 0 Å². The summed E-state index contributed by atoms with van der Waals surface area (Å²) in [5.74, 6) is 1.29. The molecule has 120 valence electrons. The van der Waals surface area contributed by atoms with E-state index >= 15 is 0 Å². The Morgan fingerprint density at radius 1 is 1.22 bits per heavy atom. The Bertz CT molecular complexity index is 701. The SMILES string of the molecule is Fc1cncnc1NCC1CN(c2cc3c(nn2)CCCC3)C1. The number of hydrogen-bond acceptors (Lipinski definition) is 6. The second-order valence-corrected chi connectivity index (χ2v) is 6.25. The number of fused-ring (bicyclic) bond motifs is 1. The van der Waals surface area contributed by atoms with Gasteiger partial charge in [0.2, 0.25) is 0 Å². The Hall–Kier alpha value is -2.31. The minimum absolute atomic E-state index is 0.270. The normalized spacial score (nSPS) is 17.5. The van der Waals surface area contributed by atoms with Crippen molar-refractivity contribution < 1.29 is 4.39 Å². The van der Waals surface area contributed by atoms with E-state index in [1.807, 2.05) is 0 Å². The molecule has 0 unspecified atom stereocenters. The molecule has 0 amide bonds. The van der Waals surface area contributed by atoms with Crippen LogP contribution in [0.15, 0.2) is 18.6 Å². The monoisotopic (exact) mass is 314 g/mol. The van der Waals surface area contributed by atoms with Crippen molar-refractivity contribution in [2.24, 2.45) is 5.92 Å². The van der Waals surface area contributed by atoms with Crippen LogP contribution >= 0.6 is 0 Å². The molecule has 0 spiro atoms. The Labute approximate surface area is 134 Å². The molecule has 0 aromatic carbocycles.